The standard InChI is InChI=1S/C21H28N2O3S2/c1-21(2,3)18-9-11-19(12-10-18)27-14-20(24)23-13-16-5-7-17(8-6-16)15-28(25,26)22-4/h5-12,22H,13-15H2,1-4H3,(H,23,24). The zero-order valence-corrected chi connectivity index (χ0v) is 18.4. The molecule has 0 aromatic heterocycles. The third-order valence-corrected chi connectivity index (χ3v) is 6.62. The zero-order valence-electron chi connectivity index (χ0n) is 16.8. The molecule has 0 saturated carbocycles. The fraction of sp³-hybridized carbons (Fsp3) is 0.381. The lowest BCUT2D eigenvalue weighted by Gasteiger charge is -2.19. The van der Waals surface area contributed by atoms with Crippen LogP contribution in [0.4, 0.5) is 0 Å². The maximum Gasteiger partial charge on any atom is 0.230 e. The van der Waals surface area contributed by atoms with Gasteiger partial charge in [-0.3, -0.25) is 4.79 Å². The van der Waals surface area contributed by atoms with E-state index in [2.05, 4.69) is 55.1 Å². The van der Waals surface area contributed by atoms with E-state index >= 15 is 0 Å². The van der Waals surface area contributed by atoms with Gasteiger partial charge in [0.15, 0.2) is 0 Å². The molecule has 28 heavy (non-hydrogen) atoms. The molecule has 0 fully saturated rings. The first kappa shape index (κ1) is 22.5. The van der Waals surface area contributed by atoms with Gasteiger partial charge in [-0.1, -0.05) is 57.2 Å². The number of sulfonamides is 1. The summed E-state index contributed by atoms with van der Waals surface area (Å²) < 4.78 is 25.4. The number of benzene rings is 2. The van der Waals surface area contributed by atoms with E-state index in [0.29, 0.717) is 17.9 Å². The molecular formula is C21H28N2O3S2. The van der Waals surface area contributed by atoms with Gasteiger partial charge in [0.2, 0.25) is 15.9 Å². The minimum Gasteiger partial charge on any atom is -0.351 e. The monoisotopic (exact) mass is 420 g/mol. The molecule has 0 unspecified atom stereocenters. The van der Waals surface area contributed by atoms with E-state index in [0.717, 1.165) is 10.5 Å². The quantitative estimate of drug-likeness (QED) is 0.642. The Morgan fingerprint density at radius 3 is 2.07 bits per heavy atom. The number of hydrogen-bond donors (Lipinski definition) is 2. The molecule has 0 radical (unpaired) electrons. The van der Waals surface area contributed by atoms with Crippen molar-refractivity contribution in [3.8, 4) is 0 Å². The topological polar surface area (TPSA) is 75.3 Å². The summed E-state index contributed by atoms with van der Waals surface area (Å²) in [5.74, 6) is 0.264. The van der Waals surface area contributed by atoms with E-state index in [1.54, 1.807) is 12.1 Å². The zero-order chi connectivity index (χ0) is 20.8. The maximum atomic E-state index is 12.1. The minimum atomic E-state index is -3.28. The first-order valence-electron chi connectivity index (χ1n) is 9.08. The van der Waals surface area contributed by atoms with E-state index in [-0.39, 0.29) is 17.1 Å². The smallest absolute Gasteiger partial charge is 0.230 e. The van der Waals surface area contributed by atoms with Crippen molar-refractivity contribution in [2.75, 3.05) is 12.8 Å². The van der Waals surface area contributed by atoms with Crippen molar-refractivity contribution in [3.63, 3.8) is 0 Å². The number of nitrogens with one attached hydrogen (secondary N) is 2. The lowest BCUT2D eigenvalue weighted by Crippen LogP contribution is -2.24. The van der Waals surface area contributed by atoms with Crippen LogP contribution in [0.5, 0.6) is 0 Å². The summed E-state index contributed by atoms with van der Waals surface area (Å²) in [4.78, 5) is 13.2. The van der Waals surface area contributed by atoms with E-state index in [4.69, 9.17) is 0 Å². The summed E-state index contributed by atoms with van der Waals surface area (Å²) in [7, 11) is -1.88. The van der Waals surface area contributed by atoms with Crippen LogP contribution >= 0.6 is 11.8 Å². The van der Waals surface area contributed by atoms with Crippen LogP contribution < -0.4 is 10.0 Å². The number of thioether (sulfide) groups is 1. The highest BCUT2D eigenvalue weighted by Gasteiger charge is 2.13. The van der Waals surface area contributed by atoms with Crippen molar-refractivity contribution in [3.05, 3.63) is 65.2 Å². The highest BCUT2D eigenvalue weighted by Crippen LogP contribution is 2.25. The summed E-state index contributed by atoms with van der Waals surface area (Å²) >= 11 is 1.51. The number of carbonyl (C=O) groups excluding carboxylic acids is 1. The Morgan fingerprint density at radius 1 is 0.964 bits per heavy atom. The van der Waals surface area contributed by atoms with Crippen LogP contribution in [0.25, 0.3) is 0 Å². The molecule has 2 aromatic rings. The largest absolute Gasteiger partial charge is 0.351 e. The molecule has 0 spiro atoms. The van der Waals surface area contributed by atoms with Gasteiger partial charge in [-0.05, 0) is 41.3 Å². The highest BCUT2D eigenvalue weighted by molar-refractivity contribution is 8.00. The average Bonchev–Trinajstić information content (AvgIpc) is 2.65. The van der Waals surface area contributed by atoms with Crippen LogP contribution in [0.2, 0.25) is 0 Å². The van der Waals surface area contributed by atoms with Crippen molar-refractivity contribution in [2.24, 2.45) is 0 Å². The van der Waals surface area contributed by atoms with Crippen LogP contribution in [-0.2, 0) is 32.5 Å². The molecule has 5 nitrogen and oxygen atoms in total. The lowest BCUT2D eigenvalue weighted by atomic mass is 9.87. The van der Waals surface area contributed by atoms with Crippen molar-refractivity contribution in [2.45, 2.75) is 43.4 Å². The Hall–Kier alpha value is -1.83. The summed E-state index contributed by atoms with van der Waals surface area (Å²) in [6.07, 6.45) is 0. The fourth-order valence-electron chi connectivity index (χ4n) is 2.50. The van der Waals surface area contributed by atoms with Crippen molar-refractivity contribution < 1.29 is 13.2 Å². The SMILES string of the molecule is CNS(=O)(=O)Cc1ccc(CNC(=O)CSc2ccc(C(C)(C)C)cc2)cc1. The molecule has 2 rings (SSSR count). The number of carbonyl (C=O) groups is 1. The molecule has 2 N–H and O–H groups in total. The predicted octanol–water partition coefficient (Wildman–Crippen LogP) is 3.44. The molecule has 0 atom stereocenters. The highest BCUT2D eigenvalue weighted by atomic mass is 32.2. The van der Waals surface area contributed by atoms with E-state index in [1.165, 1.54) is 24.4 Å². The first-order valence-corrected chi connectivity index (χ1v) is 11.7. The van der Waals surface area contributed by atoms with Crippen molar-refractivity contribution >= 4 is 27.7 Å². The van der Waals surface area contributed by atoms with Gasteiger partial charge >= 0.3 is 0 Å². The Bertz CT molecular complexity index is 885. The molecule has 0 aliphatic rings. The second-order valence-electron chi connectivity index (χ2n) is 7.62. The molecule has 152 valence electrons. The lowest BCUT2D eigenvalue weighted by molar-refractivity contribution is -0.118. The Balaban J connectivity index is 1.79. The Morgan fingerprint density at radius 2 is 1.54 bits per heavy atom. The van der Waals surface area contributed by atoms with Crippen LogP contribution in [0.1, 0.15) is 37.5 Å². The maximum absolute atomic E-state index is 12.1. The Kier molecular flexibility index (Phi) is 7.69. The van der Waals surface area contributed by atoms with Gasteiger partial charge in [0.05, 0.1) is 11.5 Å². The molecule has 0 aliphatic heterocycles. The van der Waals surface area contributed by atoms with Crippen LogP contribution in [0.15, 0.2) is 53.4 Å². The van der Waals surface area contributed by atoms with E-state index in [1.807, 2.05) is 12.1 Å². The van der Waals surface area contributed by atoms with Crippen molar-refractivity contribution in [1.29, 1.82) is 0 Å². The third-order valence-electron chi connectivity index (χ3n) is 4.27. The third kappa shape index (κ3) is 7.30. The fourth-order valence-corrected chi connectivity index (χ4v) is 4.00. The molecule has 0 bridgehead atoms. The molecule has 0 aliphatic carbocycles. The van der Waals surface area contributed by atoms with E-state index < -0.39 is 10.0 Å². The molecule has 7 heteroatoms. The number of hydrogen-bond acceptors (Lipinski definition) is 4. The molecular weight excluding hydrogens is 392 g/mol. The van der Waals surface area contributed by atoms with Gasteiger partial charge in [0.25, 0.3) is 0 Å². The molecule has 0 heterocycles. The summed E-state index contributed by atoms with van der Waals surface area (Å²) in [5, 5.41) is 2.89. The van der Waals surface area contributed by atoms with Crippen LogP contribution in [0.3, 0.4) is 0 Å². The van der Waals surface area contributed by atoms with Gasteiger partial charge in [0, 0.05) is 11.4 Å². The summed E-state index contributed by atoms with van der Waals surface area (Å²) in [5.41, 5.74) is 3.03. The molecule has 1 amide bonds. The normalized spacial score (nSPS) is 12.0. The molecule has 0 saturated heterocycles. The average molecular weight is 421 g/mol. The van der Waals surface area contributed by atoms with Crippen molar-refractivity contribution in [1.82, 2.24) is 10.0 Å². The van der Waals surface area contributed by atoms with Crippen LogP contribution in [-0.4, -0.2) is 27.1 Å². The van der Waals surface area contributed by atoms with Gasteiger partial charge in [0.1, 0.15) is 0 Å². The van der Waals surface area contributed by atoms with Gasteiger partial charge in [-0.25, -0.2) is 13.1 Å². The Labute approximate surface area is 172 Å². The minimum absolute atomic E-state index is 0.0354. The second kappa shape index (κ2) is 9.58. The second-order valence-corrected chi connectivity index (χ2v) is 10.6. The van der Waals surface area contributed by atoms with E-state index in [9.17, 15) is 13.2 Å². The predicted molar refractivity (Wildman–Crippen MR) is 116 cm³/mol. The number of amides is 1. The van der Waals surface area contributed by atoms with Gasteiger partial charge in [-0.2, -0.15) is 0 Å². The summed E-state index contributed by atoms with van der Waals surface area (Å²) in [6, 6.07) is 15.5. The van der Waals surface area contributed by atoms with Gasteiger partial charge in [-0.15, -0.1) is 11.8 Å². The number of rotatable bonds is 8. The summed E-state index contributed by atoms with van der Waals surface area (Å²) in [6.45, 7) is 6.94. The van der Waals surface area contributed by atoms with Gasteiger partial charge < -0.3 is 5.32 Å². The molecule has 2 aromatic carbocycles. The van der Waals surface area contributed by atoms with Crippen LogP contribution in [0, 0.1) is 0 Å². The first-order chi connectivity index (χ1) is 13.1.